The van der Waals surface area contributed by atoms with E-state index in [1.807, 2.05) is 24.3 Å². The topological polar surface area (TPSA) is 85.5 Å². The number of hydrogen-bond acceptors (Lipinski definition) is 8. The Kier molecular flexibility index (Phi) is 8.62. The van der Waals surface area contributed by atoms with Crippen molar-refractivity contribution in [3.63, 3.8) is 0 Å². The van der Waals surface area contributed by atoms with Gasteiger partial charge in [0.05, 0.1) is 30.6 Å². The Morgan fingerprint density at radius 1 is 1.12 bits per heavy atom. The second-order valence-corrected chi connectivity index (χ2v) is 9.99. The predicted octanol–water partition coefficient (Wildman–Crippen LogP) is 6.37. The molecule has 0 bridgehead atoms. The number of hydrogen-bond donors (Lipinski definition) is 3. The number of alkyl halides is 3. The number of halogens is 3. The highest BCUT2D eigenvalue weighted by molar-refractivity contribution is 8.00. The van der Waals surface area contributed by atoms with E-state index in [0.717, 1.165) is 23.4 Å². The molecule has 1 saturated heterocycles. The Morgan fingerprint density at radius 3 is 2.73 bits per heavy atom. The zero-order valence-corrected chi connectivity index (χ0v) is 22.5. The maximum Gasteiger partial charge on any atom is 0.406 e. The third-order valence-electron chi connectivity index (χ3n) is 6.33. The van der Waals surface area contributed by atoms with Crippen molar-refractivity contribution in [3.8, 4) is 17.6 Å². The molecule has 1 fully saturated rings. The van der Waals surface area contributed by atoms with Gasteiger partial charge in [-0.25, -0.2) is 0 Å². The summed E-state index contributed by atoms with van der Waals surface area (Å²) in [6, 6.07) is 14.6. The Labute approximate surface area is 233 Å². The van der Waals surface area contributed by atoms with Gasteiger partial charge < -0.3 is 33.9 Å². The lowest BCUT2D eigenvalue weighted by atomic mass is 10.1. The third-order valence-corrected chi connectivity index (χ3v) is 7.13. The number of nitrogens with zero attached hydrogens (tertiary/aromatic N) is 2. The van der Waals surface area contributed by atoms with Crippen LogP contribution in [0.2, 0.25) is 0 Å². The number of benzene rings is 2. The number of anilines is 3. The quantitative estimate of drug-likeness (QED) is 0.158. The van der Waals surface area contributed by atoms with E-state index >= 15 is 0 Å². The van der Waals surface area contributed by atoms with Gasteiger partial charge >= 0.3 is 6.18 Å². The van der Waals surface area contributed by atoms with Crippen LogP contribution in [0.25, 0.3) is 10.9 Å². The second kappa shape index (κ2) is 12.5. The van der Waals surface area contributed by atoms with Crippen LogP contribution in [0.1, 0.15) is 18.5 Å². The molecule has 0 aliphatic carbocycles. The molecule has 0 spiro atoms. The molecule has 2 aromatic heterocycles. The summed E-state index contributed by atoms with van der Waals surface area (Å²) in [5.41, 5.74) is 2.29. The van der Waals surface area contributed by atoms with E-state index < -0.39 is 12.7 Å². The molecule has 0 unspecified atom stereocenters. The summed E-state index contributed by atoms with van der Waals surface area (Å²) >= 11 is 1.35. The molecule has 0 radical (unpaired) electrons. The van der Waals surface area contributed by atoms with Crippen molar-refractivity contribution < 1.29 is 27.2 Å². The number of rotatable bonds is 9. The average Bonchev–Trinajstić information content (AvgIpc) is 3.59. The van der Waals surface area contributed by atoms with Crippen molar-refractivity contribution in [1.29, 1.82) is 0 Å². The monoisotopic (exact) mass is 571 g/mol. The molecule has 4 aromatic rings. The van der Waals surface area contributed by atoms with Gasteiger partial charge in [-0.2, -0.15) is 13.2 Å². The molecule has 210 valence electrons. The molecule has 1 aliphatic heterocycles. The summed E-state index contributed by atoms with van der Waals surface area (Å²) in [6.45, 7) is 0.418. The molecular weight excluding hydrogens is 543 g/mol. The van der Waals surface area contributed by atoms with Gasteiger partial charge in [0.25, 0.3) is 0 Å². The maximum absolute atomic E-state index is 13.5. The van der Waals surface area contributed by atoms with E-state index in [1.54, 1.807) is 31.4 Å². The molecule has 0 atom stereocenters. The van der Waals surface area contributed by atoms with Gasteiger partial charge in [0.2, 0.25) is 0 Å². The van der Waals surface area contributed by atoms with Crippen molar-refractivity contribution in [2.45, 2.75) is 36.5 Å². The molecule has 2 aromatic carbocycles. The van der Waals surface area contributed by atoms with Gasteiger partial charge in [0.1, 0.15) is 18.6 Å². The molecule has 3 N–H and O–H groups in total. The maximum atomic E-state index is 13.5. The van der Waals surface area contributed by atoms with Gasteiger partial charge in [0.15, 0.2) is 5.82 Å². The van der Waals surface area contributed by atoms with Crippen LogP contribution >= 0.6 is 11.9 Å². The molecule has 3 heterocycles. The zero-order chi connectivity index (χ0) is 28.0. The van der Waals surface area contributed by atoms with Crippen molar-refractivity contribution in [1.82, 2.24) is 9.72 Å². The summed E-state index contributed by atoms with van der Waals surface area (Å²) in [4.78, 5) is 0.887. The second-order valence-electron chi connectivity index (χ2n) is 9.11. The van der Waals surface area contributed by atoms with E-state index in [2.05, 4.69) is 32.4 Å². The van der Waals surface area contributed by atoms with Crippen molar-refractivity contribution >= 4 is 40.0 Å². The third kappa shape index (κ3) is 6.97. The number of nitrogens with one attached hydrogen (secondary N) is 3. The summed E-state index contributed by atoms with van der Waals surface area (Å²) < 4.78 is 60.6. The molecule has 8 nitrogen and oxygen atoms in total. The Bertz CT molecular complexity index is 1490. The number of ether oxygens (including phenoxy) is 2. The normalized spacial score (nSPS) is 14.0. The smallest absolute Gasteiger partial charge is 0.406 e. The number of fused-ring (bicyclic) bond motifs is 1. The van der Waals surface area contributed by atoms with Crippen molar-refractivity contribution in [3.05, 3.63) is 60.5 Å². The Hall–Kier alpha value is -3.95. The number of methoxy groups -OCH3 is 1. The average molecular weight is 572 g/mol. The van der Waals surface area contributed by atoms with E-state index in [9.17, 15) is 13.2 Å². The lowest BCUT2D eigenvalue weighted by Crippen LogP contribution is -2.27. The number of aromatic nitrogens is 2. The standard InChI is InChI=1S/C28H28F3N5O3S/c1-37-26-17-21(40-35-27-11-15-39-34-27)7-8-24(26)32-12-3-4-20-16-22-23(33-19-9-13-38-14-10-19)5-2-6-25(22)36(20)18-28(29,30)31/h2,5-8,11,15-17,19,32-33H,9-10,12-14,18H2,1H3,(H,34,35). The van der Waals surface area contributed by atoms with Crippen LogP contribution in [-0.2, 0) is 11.3 Å². The SMILES string of the molecule is COc1cc(SNc2ccon2)ccc1NCC#Cc1cc2c(NC3CCOCC3)cccc2n1CC(F)(F)F. The first kappa shape index (κ1) is 27.6. The van der Waals surface area contributed by atoms with Crippen LogP contribution in [0, 0.1) is 11.8 Å². The fourth-order valence-corrected chi connectivity index (χ4v) is 5.09. The highest BCUT2D eigenvalue weighted by Gasteiger charge is 2.30. The molecule has 40 heavy (non-hydrogen) atoms. The molecule has 5 rings (SSSR count). The van der Waals surface area contributed by atoms with Crippen LogP contribution in [0.3, 0.4) is 0 Å². The van der Waals surface area contributed by atoms with E-state index in [-0.39, 0.29) is 12.6 Å². The fraction of sp³-hybridized carbons (Fsp3) is 0.321. The minimum Gasteiger partial charge on any atom is -0.495 e. The van der Waals surface area contributed by atoms with E-state index in [0.29, 0.717) is 47.1 Å². The summed E-state index contributed by atoms with van der Waals surface area (Å²) in [5.74, 6) is 7.11. The first-order valence-corrected chi connectivity index (χ1v) is 13.5. The largest absolute Gasteiger partial charge is 0.495 e. The van der Waals surface area contributed by atoms with Gasteiger partial charge in [-0.1, -0.05) is 17.1 Å². The van der Waals surface area contributed by atoms with Crippen LogP contribution in [0.4, 0.5) is 30.4 Å². The van der Waals surface area contributed by atoms with Crippen LogP contribution < -0.4 is 20.1 Å². The van der Waals surface area contributed by atoms with Gasteiger partial charge in [-0.15, -0.1) is 0 Å². The minimum absolute atomic E-state index is 0.209. The first-order chi connectivity index (χ1) is 19.4. The highest BCUT2D eigenvalue weighted by atomic mass is 32.2. The van der Waals surface area contributed by atoms with Crippen molar-refractivity contribution in [2.24, 2.45) is 0 Å². The van der Waals surface area contributed by atoms with E-state index in [4.69, 9.17) is 14.0 Å². The summed E-state index contributed by atoms with van der Waals surface area (Å²) in [5, 5.41) is 11.2. The lowest BCUT2D eigenvalue weighted by molar-refractivity contribution is -0.140. The Morgan fingerprint density at radius 2 is 1.98 bits per heavy atom. The molecule has 12 heteroatoms. The Balaban J connectivity index is 1.32. The molecule has 1 aliphatic rings. The van der Waals surface area contributed by atoms with Gasteiger partial charge in [-0.3, -0.25) is 0 Å². The molecule has 0 amide bonds. The van der Waals surface area contributed by atoms with Crippen molar-refractivity contribution in [2.75, 3.05) is 42.2 Å². The first-order valence-electron chi connectivity index (χ1n) is 12.7. The zero-order valence-electron chi connectivity index (χ0n) is 21.7. The van der Waals surface area contributed by atoms with E-state index in [1.165, 1.54) is 22.8 Å². The fourth-order valence-electron chi connectivity index (χ4n) is 4.46. The van der Waals surface area contributed by atoms with Crippen LogP contribution in [0.15, 0.2) is 64.2 Å². The lowest BCUT2D eigenvalue weighted by Gasteiger charge is -2.24. The van der Waals surface area contributed by atoms with Crippen LogP contribution in [0.5, 0.6) is 5.75 Å². The molecule has 0 saturated carbocycles. The van der Waals surface area contributed by atoms with Crippen LogP contribution in [-0.4, -0.2) is 48.8 Å². The summed E-state index contributed by atoms with van der Waals surface area (Å²) in [6.07, 6.45) is -1.22. The van der Waals surface area contributed by atoms with Gasteiger partial charge in [0, 0.05) is 41.3 Å². The minimum atomic E-state index is -4.39. The summed E-state index contributed by atoms with van der Waals surface area (Å²) in [7, 11) is 1.56. The van der Waals surface area contributed by atoms with Gasteiger partial charge in [-0.05, 0) is 67.1 Å². The highest BCUT2D eigenvalue weighted by Crippen LogP contribution is 2.32. The predicted molar refractivity (Wildman–Crippen MR) is 150 cm³/mol. The molecular formula is C28H28F3N5O3S.